The Morgan fingerprint density at radius 1 is 0.980 bits per heavy atom. The third-order valence-corrected chi connectivity index (χ3v) is 10.4. The van der Waals surface area contributed by atoms with Crippen LogP contribution < -0.4 is 21.3 Å². The molecule has 1 unspecified atom stereocenters. The number of carbonyl (C=O) groups excluding carboxylic acids is 6. The summed E-state index contributed by atoms with van der Waals surface area (Å²) in [6, 6.07) is -4.00. The van der Waals surface area contributed by atoms with Crippen LogP contribution >= 0.6 is 0 Å². The monoisotopic (exact) mass is 679 g/mol. The van der Waals surface area contributed by atoms with E-state index in [-0.39, 0.29) is 35.4 Å². The lowest BCUT2D eigenvalue weighted by Gasteiger charge is -2.39. The smallest absolute Gasteiger partial charge is 0.289 e. The number of amides is 5. The average molecular weight is 680 g/mol. The lowest BCUT2D eigenvalue weighted by molar-refractivity contribution is -0.147. The summed E-state index contributed by atoms with van der Waals surface area (Å²) < 4.78 is 0. The second-order valence-corrected chi connectivity index (χ2v) is 16.5. The minimum atomic E-state index is -1.05. The molecular formula is C36H53N7O6. The van der Waals surface area contributed by atoms with Crippen LogP contribution in [0.1, 0.15) is 91.6 Å². The quantitative estimate of drug-likeness (QED) is 0.181. The van der Waals surface area contributed by atoms with Crippen LogP contribution in [0.2, 0.25) is 0 Å². The molecule has 1 aliphatic heterocycles. The molecule has 1 aromatic rings. The SMILES string of the molecule is C=CCNC(=O)C(=O)C(CC1CCC1)NC(=O)[C@@H]1[C@@H]2[C@H](CN1C(=O)[C@@H](NC(=O)[C@@H](NC(=O)c1cnccn1)C(C)(C)C)C(C)(C)C)C2(C)C. The minimum Gasteiger partial charge on any atom is -0.346 e. The van der Waals surface area contributed by atoms with Gasteiger partial charge in [0, 0.05) is 25.5 Å². The van der Waals surface area contributed by atoms with Crippen molar-refractivity contribution in [3.05, 3.63) is 36.9 Å². The van der Waals surface area contributed by atoms with E-state index in [1.807, 2.05) is 20.8 Å². The van der Waals surface area contributed by atoms with E-state index in [1.165, 1.54) is 29.6 Å². The first-order valence-electron chi connectivity index (χ1n) is 17.2. The molecule has 3 fully saturated rings. The Morgan fingerprint density at radius 2 is 1.63 bits per heavy atom. The first-order chi connectivity index (χ1) is 22.8. The van der Waals surface area contributed by atoms with Gasteiger partial charge in [0.25, 0.3) is 11.8 Å². The molecule has 4 N–H and O–H groups in total. The highest BCUT2D eigenvalue weighted by Crippen LogP contribution is 2.65. The molecule has 13 nitrogen and oxygen atoms in total. The molecule has 1 aromatic heterocycles. The van der Waals surface area contributed by atoms with Gasteiger partial charge in [-0.25, -0.2) is 4.98 Å². The lowest BCUT2D eigenvalue weighted by Crippen LogP contribution is -2.63. The number of Topliss-reactive ketones (excluding diaryl/α,β-unsaturated/α-hetero) is 1. The fourth-order valence-corrected chi connectivity index (χ4v) is 7.11. The van der Waals surface area contributed by atoms with Gasteiger partial charge < -0.3 is 26.2 Å². The Labute approximate surface area is 289 Å². The van der Waals surface area contributed by atoms with Crippen molar-refractivity contribution in [3.63, 3.8) is 0 Å². The van der Waals surface area contributed by atoms with Gasteiger partial charge in [-0.3, -0.25) is 33.8 Å². The van der Waals surface area contributed by atoms with Gasteiger partial charge in [-0.2, -0.15) is 0 Å². The fraction of sp³-hybridized carbons (Fsp3) is 0.667. The summed E-state index contributed by atoms with van der Waals surface area (Å²) in [4.78, 5) is 91.0. The van der Waals surface area contributed by atoms with Gasteiger partial charge >= 0.3 is 0 Å². The standard InChI is InChI=1S/C36H53N7O6/c1-10-14-39-31(47)26(44)22(17-20-12-11-13-20)40-30(46)25-24-21(36(24,8)9)19-43(25)33(49)28(35(5,6)7)42-32(48)27(34(2,3)4)41-29(45)23-18-37-15-16-38-23/h10,15-16,18,20-22,24-25,27-28H,1,11-14,17,19H2,2-9H3,(H,39,47)(H,40,46)(H,41,45)(H,42,48)/t21-,22?,24-,25-,27+,28+/m0/s1. The van der Waals surface area contributed by atoms with Crippen molar-refractivity contribution in [2.75, 3.05) is 13.1 Å². The summed E-state index contributed by atoms with van der Waals surface area (Å²) in [6.45, 7) is 19.0. The topological polar surface area (TPSA) is 180 Å². The number of rotatable bonds is 13. The van der Waals surface area contributed by atoms with Gasteiger partial charge in [-0.05, 0) is 40.4 Å². The average Bonchev–Trinajstić information content (AvgIpc) is 3.32. The molecule has 6 atom stereocenters. The Hall–Kier alpha value is -4.16. The van der Waals surface area contributed by atoms with Gasteiger partial charge in [0.15, 0.2) is 0 Å². The molecule has 0 spiro atoms. The lowest BCUT2D eigenvalue weighted by atomic mass is 9.80. The number of carbonyl (C=O) groups is 6. The van der Waals surface area contributed by atoms with Crippen LogP contribution in [0.4, 0.5) is 0 Å². The van der Waals surface area contributed by atoms with Crippen molar-refractivity contribution in [3.8, 4) is 0 Å². The minimum absolute atomic E-state index is 0.0491. The molecule has 1 saturated heterocycles. The first kappa shape index (κ1) is 37.7. The Kier molecular flexibility index (Phi) is 11.0. The predicted octanol–water partition coefficient (Wildman–Crippen LogP) is 2.18. The van der Waals surface area contributed by atoms with Crippen molar-refractivity contribution in [2.24, 2.45) is 34.0 Å². The van der Waals surface area contributed by atoms with Crippen LogP contribution in [0, 0.1) is 34.0 Å². The maximum absolute atomic E-state index is 14.5. The van der Waals surface area contributed by atoms with Crippen molar-refractivity contribution in [2.45, 2.75) is 105 Å². The molecule has 0 aromatic carbocycles. The second kappa shape index (κ2) is 14.4. The number of nitrogens with zero attached hydrogens (tertiary/aromatic N) is 3. The van der Waals surface area contributed by atoms with Gasteiger partial charge in [0.05, 0.1) is 12.2 Å². The number of piperidine rings is 1. The maximum Gasteiger partial charge on any atom is 0.289 e. The number of fused-ring (bicyclic) bond motifs is 1. The molecular weight excluding hydrogens is 626 g/mol. The van der Waals surface area contributed by atoms with Crippen LogP contribution in [0.25, 0.3) is 0 Å². The van der Waals surface area contributed by atoms with Crippen LogP contribution in [0.15, 0.2) is 31.2 Å². The third kappa shape index (κ3) is 8.36. The van der Waals surface area contributed by atoms with Crippen LogP contribution in [-0.2, 0) is 24.0 Å². The van der Waals surface area contributed by atoms with Crippen LogP contribution in [0.3, 0.4) is 0 Å². The number of hydrogen-bond acceptors (Lipinski definition) is 8. The summed E-state index contributed by atoms with van der Waals surface area (Å²) in [6.07, 6.45) is 8.81. The van der Waals surface area contributed by atoms with Crippen LogP contribution in [0.5, 0.6) is 0 Å². The van der Waals surface area contributed by atoms with E-state index in [0.29, 0.717) is 13.0 Å². The number of ketones is 1. The zero-order valence-electron chi connectivity index (χ0n) is 30.1. The molecule has 0 bridgehead atoms. The largest absolute Gasteiger partial charge is 0.346 e. The van der Waals surface area contributed by atoms with Gasteiger partial charge in [0.2, 0.25) is 23.5 Å². The molecule has 2 saturated carbocycles. The predicted molar refractivity (Wildman–Crippen MR) is 182 cm³/mol. The van der Waals surface area contributed by atoms with E-state index in [4.69, 9.17) is 0 Å². The molecule has 2 heterocycles. The van der Waals surface area contributed by atoms with E-state index in [1.54, 1.807) is 20.8 Å². The van der Waals surface area contributed by atoms with Gasteiger partial charge in [-0.15, -0.1) is 6.58 Å². The molecule has 0 radical (unpaired) electrons. The van der Waals surface area contributed by atoms with Crippen molar-refractivity contribution in [1.29, 1.82) is 0 Å². The summed E-state index contributed by atoms with van der Waals surface area (Å²) in [5.74, 6) is -3.44. The fourth-order valence-electron chi connectivity index (χ4n) is 7.11. The van der Waals surface area contributed by atoms with E-state index in [0.717, 1.165) is 19.3 Å². The summed E-state index contributed by atoms with van der Waals surface area (Å²) in [7, 11) is 0. The Bertz CT molecular complexity index is 1460. The molecule has 3 aliphatic rings. The number of aromatic nitrogens is 2. The second-order valence-electron chi connectivity index (χ2n) is 16.5. The molecule has 268 valence electrons. The highest BCUT2D eigenvalue weighted by Gasteiger charge is 2.70. The van der Waals surface area contributed by atoms with Crippen molar-refractivity contribution < 1.29 is 28.8 Å². The van der Waals surface area contributed by atoms with Crippen LogP contribution in [-0.4, -0.2) is 87.4 Å². The number of nitrogens with one attached hydrogen (secondary N) is 4. The Balaban J connectivity index is 1.57. The normalized spacial score (nSPS) is 23.1. The van der Waals surface area contributed by atoms with Crippen molar-refractivity contribution in [1.82, 2.24) is 36.1 Å². The molecule has 49 heavy (non-hydrogen) atoms. The molecule has 5 amide bonds. The molecule has 4 rings (SSSR count). The molecule has 13 heteroatoms. The zero-order valence-corrected chi connectivity index (χ0v) is 30.1. The Morgan fingerprint density at radius 3 is 2.16 bits per heavy atom. The third-order valence-electron chi connectivity index (χ3n) is 10.4. The van der Waals surface area contributed by atoms with E-state index >= 15 is 0 Å². The van der Waals surface area contributed by atoms with E-state index in [2.05, 4.69) is 51.7 Å². The maximum atomic E-state index is 14.5. The summed E-state index contributed by atoms with van der Waals surface area (Å²) >= 11 is 0. The van der Waals surface area contributed by atoms with Gasteiger partial charge in [-0.1, -0.05) is 80.7 Å². The summed E-state index contributed by atoms with van der Waals surface area (Å²) in [5, 5.41) is 11.1. The summed E-state index contributed by atoms with van der Waals surface area (Å²) in [5.41, 5.74) is -1.68. The number of hydrogen-bond donors (Lipinski definition) is 4. The molecule has 2 aliphatic carbocycles. The van der Waals surface area contributed by atoms with E-state index < -0.39 is 70.3 Å². The zero-order chi connectivity index (χ0) is 36.5. The number of likely N-dealkylation sites (tertiary alicyclic amines) is 1. The highest BCUT2D eigenvalue weighted by atomic mass is 16.2. The first-order valence-corrected chi connectivity index (χ1v) is 17.2. The highest BCUT2D eigenvalue weighted by molar-refractivity contribution is 6.38. The van der Waals surface area contributed by atoms with Gasteiger partial charge in [0.1, 0.15) is 23.8 Å². The van der Waals surface area contributed by atoms with E-state index in [9.17, 15) is 28.8 Å². The van der Waals surface area contributed by atoms with Crippen molar-refractivity contribution >= 4 is 35.3 Å².